The van der Waals surface area contributed by atoms with Crippen molar-refractivity contribution >= 4 is 12.1 Å². The van der Waals surface area contributed by atoms with Crippen LogP contribution in [-0.2, 0) is 4.79 Å². The lowest BCUT2D eigenvalue weighted by Crippen LogP contribution is -2.46. The van der Waals surface area contributed by atoms with Gasteiger partial charge in [-0.1, -0.05) is 0 Å². The van der Waals surface area contributed by atoms with Crippen LogP contribution in [0.5, 0.6) is 5.75 Å². The molecule has 1 unspecified atom stereocenters. The first kappa shape index (κ1) is 13.7. The maximum Gasteiger partial charge on any atom is 0.225 e. The van der Waals surface area contributed by atoms with E-state index in [0.717, 1.165) is 30.8 Å². The number of ether oxygens (including phenoxy) is 1. The summed E-state index contributed by atoms with van der Waals surface area (Å²) in [6, 6.07) is 8.05. The topological polar surface area (TPSA) is 44.8 Å². The maximum absolute atomic E-state index is 11.2. The van der Waals surface area contributed by atoms with Gasteiger partial charge in [-0.3, -0.25) is 9.80 Å². The molecule has 0 bridgehead atoms. The summed E-state index contributed by atoms with van der Waals surface area (Å²) >= 11 is 0. The Balaban J connectivity index is 2.03. The van der Waals surface area contributed by atoms with E-state index >= 15 is 0 Å². The monoisotopic (exact) mass is 263 g/mol. The van der Waals surface area contributed by atoms with Gasteiger partial charge in [-0.05, 0) is 38.1 Å². The highest BCUT2D eigenvalue weighted by Crippen LogP contribution is 2.22. The van der Waals surface area contributed by atoms with Crippen molar-refractivity contribution in [3.63, 3.8) is 0 Å². The van der Waals surface area contributed by atoms with Crippen LogP contribution in [0.25, 0.3) is 0 Å². The zero-order chi connectivity index (χ0) is 13.8. The van der Waals surface area contributed by atoms with Gasteiger partial charge < -0.3 is 10.1 Å². The molecule has 1 amide bonds. The van der Waals surface area contributed by atoms with E-state index in [-0.39, 0.29) is 6.17 Å². The van der Waals surface area contributed by atoms with E-state index in [9.17, 15) is 4.79 Å². The molecule has 1 N–H and O–H groups in total. The van der Waals surface area contributed by atoms with Crippen LogP contribution in [0.1, 0.15) is 20.3 Å². The number of nitrogens with one attached hydrogen (secondary N) is 1. The first-order valence-corrected chi connectivity index (χ1v) is 6.56. The van der Waals surface area contributed by atoms with Gasteiger partial charge in [0.05, 0.1) is 7.11 Å². The number of carbonyl (C=O) groups excluding carboxylic acids is 1. The number of nitrogens with zero attached hydrogens (tertiary/aromatic N) is 2. The Morgan fingerprint density at radius 3 is 2.58 bits per heavy atom. The van der Waals surface area contributed by atoms with Gasteiger partial charge >= 0.3 is 0 Å². The molecular formula is C14H21N3O2. The molecule has 0 aromatic heterocycles. The fourth-order valence-electron chi connectivity index (χ4n) is 2.36. The van der Waals surface area contributed by atoms with E-state index in [1.165, 1.54) is 0 Å². The minimum atomic E-state index is 0.0216. The highest BCUT2D eigenvalue weighted by molar-refractivity contribution is 5.52. The molecule has 0 spiro atoms. The zero-order valence-corrected chi connectivity index (χ0v) is 11.7. The van der Waals surface area contributed by atoms with Crippen LogP contribution in [0.3, 0.4) is 0 Å². The Kier molecular flexibility index (Phi) is 4.27. The van der Waals surface area contributed by atoms with Gasteiger partial charge in [-0.15, -0.1) is 0 Å². The molecule has 1 fully saturated rings. The summed E-state index contributed by atoms with van der Waals surface area (Å²) in [6.07, 6.45) is 1.84. The summed E-state index contributed by atoms with van der Waals surface area (Å²) in [6.45, 7) is 5.07. The molecule has 104 valence electrons. The van der Waals surface area contributed by atoms with Gasteiger partial charge in [0.25, 0.3) is 0 Å². The van der Waals surface area contributed by atoms with E-state index < -0.39 is 0 Å². The van der Waals surface area contributed by atoms with Crippen molar-refractivity contribution < 1.29 is 9.53 Å². The summed E-state index contributed by atoms with van der Waals surface area (Å²) in [5, 5.41) is 7.20. The van der Waals surface area contributed by atoms with Crippen LogP contribution >= 0.6 is 0 Å². The first-order chi connectivity index (χ1) is 9.15. The number of carbonyl (C=O) groups is 1. The number of hydrazine groups is 1. The second-order valence-corrected chi connectivity index (χ2v) is 4.92. The molecule has 0 saturated carbocycles. The third-order valence-electron chi connectivity index (χ3n) is 3.37. The second-order valence-electron chi connectivity index (χ2n) is 4.92. The molecule has 1 saturated heterocycles. The van der Waals surface area contributed by atoms with Crippen molar-refractivity contribution in [1.29, 1.82) is 0 Å². The summed E-state index contributed by atoms with van der Waals surface area (Å²) in [4.78, 5) is 11.2. The molecule has 2 rings (SSSR count). The third-order valence-corrected chi connectivity index (χ3v) is 3.37. The zero-order valence-electron chi connectivity index (χ0n) is 11.7. The third kappa shape index (κ3) is 2.98. The number of amides is 1. The van der Waals surface area contributed by atoms with Gasteiger partial charge in [-0.25, -0.2) is 5.01 Å². The standard InChI is InChI=1S/C14H21N3O2/c1-11(2)16-9-8-14(17(16)10-18)15-12-4-6-13(19-3)7-5-12/h4-7,10-11,14-15H,8-9H2,1-3H3. The lowest BCUT2D eigenvalue weighted by atomic mass is 10.2. The van der Waals surface area contributed by atoms with Gasteiger partial charge in [-0.2, -0.15) is 0 Å². The summed E-state index contributed by atoms with van der Waals surface area (Å²) < 4.78 is 5.13. The van der Waals surface area contributed by atoms with Gasteiger partial charge in [0.15, 0.2) is 0 Å². The molecule has 1 atom stereocenters. The Morgan fingerprint density at radius 1 is 1.37 bits per heavy atom. The average molecular weight is 263 g/mol. The largest absolute Gasteiger partial charge is 0.497 e. The molecule has 1 heterocycles. The van der Waals surface area contributed by atoms with Crippen LogP contribution in [0.2, 0.25) is 0 Å². The SMILES string of the molecule is COc1ccc(NC2CCN(C(C)C)N2C=O)cc1. The molecule has 19 heavy (non-hydrogen) atoms. The predicted molar refractivity (Wildman–Crippen MR) is 74.8 cm³/mol. The normalized spacial score (nSPS) is 19.8. The average Bonchev–Trinajstić information content (AvgIpc) is 2.82. The Hall–Kier alpha value is -1.75. The van der Waals surface area contributed by atoms with Gasteiger partial charge in [0, 0.05) is 24.7 Å². The van der Waals surface area contributed by atoms with Crippen molar-refractivity contribution in [2.75, 3.05) is 19.0 Å². The second kappa shape index (κ2) is 5.93. The molecule has 5 nitrogen and oxygen atoms in total. The van der Waals surface area contributed by atoms with Crippen molar-refractivity contribution in [2.24, 2.45) is 0 Å². The number of hydrogen-bond acceptors (Lipinski definition) is 4. The smallest absolute Gasteiger partial charge is 0.225 e. The number of rotatable bonds is 5. The van der Waals surface area contributed by atoms with E-state index in [1.807, 2.05) is 24.3 Å². The lowest BCUT2D eigenvalue weighted by molar-refractivity contribution is -0.134. The molecule has 1 aliphatic heterocycles. The van der Waals surface area contributed by atoms with Crippen LogP contribution in [0.15, 0.2) is 24.3 Å². The van der Waals surface area contributed by atoms with Crippen molar-refractivity contribution in [3.05, 3.63) is 24.3 Å². The number of anilines is 1. The lowest BCUT2D eigenvalue weighted by Gasteiger charge is -2.32. The maximum atomic E-state index is 11.2. The van der Waals surface area contributed by atoms with Crippen LogP contribution in [-0.4, -0.2) is 42.3 Å². The number of methoxy groups -OCH3 is 1. The van der Waals surface area contributed by atoms with Crippen LogP contribution in [0.4, 0.5) is 5.69 Å². The minimum absolute atomic E-state index is 0.0216. The fourth-order valence-corrected chi connectivity index (χ4v) is 2.36. The van der Waals surface area contributed by atoms with E-state index in [0.29, 0.717) is 6.04 Å². The van der Waals surface area contributed by atoms with E-state index in [2.05, 4.69) is 24.2 Å². The molecule has 1 aromatic carbocycles. The summed E-state index contributed by atoms with van der Waals surface area (Å²) in [5.41, 5.74) is 0.989. The number of hydrogen-bond donors (Lipinski definition) is 1. The summed E-state index contributed by atoms with van der Waals surface area (Å²) in [7, 11) is 1.65. The Bertz CT molecular complexity index is 419. The highest BCUT2D eigenvalue weighted by Gasteiger charge is 2.31. The molecule has 5 heteroatoms. The Morgan fingerprint density at radius 2 is 2.05 bits per heavy atom. The molecule has 0 radical (unpaired) electrons. The predicted octanol–water partition coefficient (Wildman–Crippen LogP) is 1.92. The molecule has 1 aliphatic rings. The molecule has 1 aromatic rings. The quantitative estimate of drug-likeness (QED) is 0.824. The first-order valence-electron chi connectivity index (χ1n) is 6.56. The summed E-state index contributed by atoms with van der Waals surface area (Å²) in [5.74, 6) is 0.827. The van der Waals surface area contributed by atoms with E-state index in [1.54, 1.807) is 12.1 Å². The fraction of sp³-hybridized carbons (Fsp3) is 0.500. The molecular weight excluding hydrogens is 242 g/mol. The number of benzene rings is 1. The minimum Gasteiger partial charge on any atom is -0.497 e. The highest BCUT2D eigenvalue weighted by atomic mass is 16.5. The van der Waals surface area contributed by atoms with Crippen molar-refractivity contribution in [1.82, 2.24) is 10.0 Å². The van der Waals surface area contributed by atoms with Crippen molar-refractivity contribution in [2.45, 2.75) is 32.5 Å². The van der Waals surface area contributed by atoms with Crippen LogP contribution < -0.4 is 10.1 Å². The Labute approximate surface area is 114 Å². The van der Waals surface area contributed by atoms with Crippen molar-refractivity contribution in [3.8, 4) is 5.75 Å². The van der Waals surface area contributed by atoms with Gasteiger partial charge in [0.1, 0.15) is 11.9 Å². The molecule has 0 aliphatic carbocycles. The van der Waals surface area contributed by atoms with E-state index in [4.69, 9.17) is 4.74 Å². The van der Waals surface area contributed by atoms with Crippen LogP contribution in [0, 0.1) is 0 Å². The van der Waals surface area contributed by atoms with Gasteiger partial charge in [0.2, 0.25) is 6.41 Å².